The van der Waals surface area contributed by atoms with Gasteiger partial charge in [0.1, 0.15) is 0 Å². The molecular weight excluding hydrogens is 220 g/mol. The maximum Gasteiger partial charge on any atom is 0.523 e. The van der Waals surface area contributed by atoms with E-state index in [0.29, 0.717) is 12.1 Å². The largest absolute Gasteiger partial charge is 0.523 e. The summed E-state index contributed by atoms with van der Waals surface area (Å²) >= 11 is 0. The summed E-state index contributed by atoms with van der Waals surface area (Å²) in [5, 5.41) is 0. The standard InChI is InChI=1S/C11H24N2O2Si/c1-9-7-14-16(12(9)6)13(11(3,4)5)10(2)8-15-16/h9-10H,7-8H2,1-6H3. The molecule has 0 aromatic heterocycles. The Hall–Kier alpha value is 0.0569. The molecule has 0 bridgehead atoms. The maximum atomic E-state index is 6.10. The van der Waals surface area contributed by atoms with Crippen molar-refractivity contribution >= 4 is 8.88 Å². The highest BCUT2D eigenvalue weighted by molar-refractivity contribution is 6.63. The summed E-state index contributed by atoms with van der Waals surface area (Å²) in [6, 6.07) is 0.904. The third-order valence-electron chi connectivity index (χ3n) is 3.60. The predicted molar refractivity (Wildman–Crippen MR) is 65.9 cm³/mol. The Bertz CT molecular complexity index is 278. The first kappa shape index (κ1) is 12.5. The van der Waals surface area contributed by atoms with E-state index in [1.54, 1.807) is 0 Å². The van der Waals surface area contributed by atoms with Crippen molar-refractivity contribution in [2.75, 3.05) is 20.3 Å². The highest BCUT2D eigenvalue weighted by Gasteiger charge is 2.64. The van der Waals surface area contributed by atoms with Gasteiger partial charge in [-0.3, -0.25) is 9.13 Å². The molecule has 0 amide bonds. The fourth-order valence-corrected chi connectivity index (χ4v) is 6.98. The first-order chi connectivity index (χ1) is 7.29. The molecule has 2 aliphatic rings. The van der Waals surface area contributed by atoms with Crippen LogP contribution in [0.5, 0.6) is 0 Å². The number of rotatable bonds is 0. The molecule has 4 nitrogen and oxygen atoms in total. The van der Waals surface area contributed by atoms with Crippen molar-refractivity contribution in [3.8, 4) is 0 Å². The monoisotopic (exact) mass is 244 g/mol. The van der Waals surface area contributed by atoms with E-state index in [1.165, 1.54) is 0 Å². The summed E-state index contributed by atoms with van der Waals surface area (Å²) in [6.07, 6.45) is 0. The Morgan fingerprint density at radius 2 is 1.56 bits per heavy atom. The average molecular weight is 244 g/mol. The number of nitrogens with zero attached hydrogens (tertiary/aromatic N) is 2. The van der Waals surface area contributed by atoms with Gasteiger partial charge in [-0.2, -0.15) is 0 Å². The molecule has 2 heterocycles. The second-order valence-electron chi connectivity index (χ2n) is 6.02. The van der Waals surface area contributed by atoms with Gasteiger partial charge in [0.15, 0.2) is 0 Å². The van der Waals surface area contributed by atoms with E-state index in [4.69, 9.17) is 8.85 Å². The van der Waals surface area contributed by atoms with Gasteiger partial charge in [-0.25, -0.2) is 0 Å². The molecule has 0 radical (unpaired) electrons. The zero-order valence-corrected chi connectivity index (χ0v) is 12.3. The van der Waals surface area contributed by atoms with Gasteiger partial charge in [-0.05, 0) is 41.7 Å². The van der Waals surface area contributed by atoms with E-state index in [-0.39, 0.29) is 5.54 Å². The third-order valence-corrected chi connectivity index (χ3v) is 7.74. The number of hydrogen-bond donors (Lipinski definition) is 0. The molecule has 0 aromatic rings. The maximum absolute atomic E-state index is 6.10. The molecule has 2 rings (SSSR count). The minimum atomic E-state index is -2.30. The van der Waals surface area contributed by atoms with Crippen molar-refractivity contribution in [2.45, 2.75) is 52.2 Å². The van der Waals surface area contributed by atoms with Crippen LogP contribution in [0.15, 0.2) is 0 Å². The van der Waals surface area contributed by atoms with E-state index in [2.05, 4.69) is 50.8 Å². The predicted octanol–water partition coefficient (Wildman–Crippen LogP) is 1.29. The lowest BCUT2D eigenvalue weighted by molar-refractivity contribution is 0.136. The van der Waals surface area contributed by atoms with Crippen molar-refractivity contribution < 1.29 is 8.85 Å². The van der Waals surface area contributed by atoms with Gasteiger partial charge >= 0.3 is 8.88 Å². The van der Waals surface area contributed by atoms with E-state index in [9.17, 15) is 0 Å². The van der Waals surface area contributed by atoms with E-state index < -0.39 is 8.88 Å². The molecule has 2 fully saturated rings. The van der Waals surface area contributed by atoms with Gasteiger partial charge in [0.25, 0.3) is 0 Å². The Labute approximate surface area is 99.9 Å². The second-order valence-corrected chi connectivity index (χ2v) is 8.88. The van der Waals surface area contributed by atoms with E-state index in [0.717, 1.165) is 13.2 Å². The lowest BCUT2D eigenvalue weighted by atomic mass is 10.1. The number of hydrogen-bond acceptors (Lipinski definition) is 4. The molecule has 1 spiro atoms. The molecule has 0 N–H and O–H groups in total. The Balaban J connectivity index is 2.34. The molecule has 3 atom stereocenters. The Morgan fingerprint density at radius 1 is 1.06 bits per heavy atom. The first-order valence-electron chi connectivity index (χ1n) is 6.09. The average Bonchev–Trinajstić information content (AvgIpc) is 2.63. The Kier molecular flexibility index (Phi) is 2.96. The topological polar surface area (TPSA) is 24.9 Å². The molecule has 2 aliphatic heterocycles. The fourth-order valence-electron chi connectivity index (χ4n) is 2.84. The summed E-state index contributed by atoms with van der Waals surface area (Å²) in [4.78, 5) is 0. The van der Waals surface area contributed by atoms with Gasteiger partial charge in [0, 0.05) is 17.6 Å². The van der Waals surface area contributed by atoms with Crippen LogP contribution in [0, 0.1) is 0 Å². The molecule has 0 saturated carbocycles. The molecule has 94 valence electrons. The van der Waals surface area contributed by atoms with Crippen LogP contribution >= 0.6 is 0 Å². The van der Waals surface area contributed by atoms with Gasteiger partial charge < -0.3 is 8.85 Å². The van der Waals surface area contributed by atoms with Crippen LogP contribution in [0.25, 0.3) is 0 Å². The molecule has 3 unspecified atom stereocenters. The van der Waals surface area contributed by atoms with Crippen LogP contribution in [-0.2, 0) is 8.85 Å². The quantitative estimate of drug-likeness (QED) is 0.600. The second kappa shape index (κ2) is 3.78. The Morgan fingerprint density at radius 3 is 1.94 bits per heavy atom. The lowest BCUT2D eigenvalue weighted by Crippen LogP contribution is -2.68. The highest BCUT2D eigenvalue weighted by atomic mass is 28.4. The third kappa shape index (κ3) is 1.65. The SMILES string of the molecule is CC1CO[Si]2(OCC(C)N2C(C)(C)C)N1C. The molecule has 0 aliphatic carbocycles. The van der Waals surface area contributed by atoms with E-state index in [1.807, 2.05) is 0 Å². The number of likely N-dealkylation sites (N-methyl/N-ethyl adjacent to an activating group) is 1. The van der Waals surface area contributed by atoms with Crippen molar-refractivity contribution in [1.29, 1.82) is 0 Å². The molecular formula is C11H24N2O2Si. The molecule has 5 heteroatoms. The fraction of sp³-hybridized carbons (Fsp3) is 1.00. The van der Waals surface area contributed by atoms with Crippen molar-refractivity contribution in [3.05, 3.63) is 0 Å². The minimum Gasteiger partial charge on any atom is -0.369 e. The summed E-state index contributed by atoms with van der Waals surface area (Å²) in [5.74, 6) is 0. The van der Waals surface area contributed by atoms with Gasteiger partial charge in [-0.15, -0.1) is 0 Å². The van der Waals surface area contributed by atoms with Crippen LogP contribution in [0.2, 0.25) is 0 Å². The summed E-state index contributed by atoms with van der Waals surface area (Å²) < 4.78 is 17.0. The van der Waals surface area contributed by atoms with Crippen molar-refractivity contribution in [2.24, 2.45) is 0 Å². The molecule has 0 aromatic carbocycles. The summed E-state index contributed by atoms with van der Waals surface area (Å²) in [7, 11) is -0.157. The zero-order chi connectivity index (χ0) is 12.1. The smallest absolute Gasteiger partial charge is 0.369 e. The summed E-state index contributed by atoms with van der Waals surface area (Å²) in [5.41, 5.74) is 0.0977. The highest BCUT2D eigenvalue weighted by Crippen LogP contribution is 2.37. The van der Waals surface area contributed by atoms with Crippen molar-refractivity contribution in [3.63, 3.8) is 0 Å². The lowest BCUT2D eigenvalue weighted by Gasteiger charge is -2.43. The van der Waals surface area contributed by atoms with Crippen molar-refractivity contribution in [1.82, 2.24) is 9.13 Å². The van der Waals surface area contributed by atoms with Gasteiger partial charge in [0.05, 0.1) is 13.2 Å². The molecule has 2 saturated heterocycles. The van der Waals surface area contributed by atoms with Crippen LogP contribution in [-0.4, -0.2) is 55.9 Å². The van der Waals surface area contributed by atoms with Gasteiger partial charge in [-0.1, -0.05) is 0 Å². The van der Waals surface area contributed by atoms with Gasteiger partial charge in [0.2, 0.25) is 0 Å². The zero-order valence-electron chi connectivity index (χ0n) is 11.3. The summed E-state index contributed by atoms with van der Waals surface area (Å²) in [6.45, 7) is 12.7. The van der Waals surface area contributed by atoms with E-state index >= 15 is 0 Å². The first-order valence-corrected chi connectivity index (χ1v) is 7.80. The van der Waals surface area contributed by atoms with Crippen LogP contribution in [0.3, 0.4) is 0 Å². The molecule has 16 heavy (non-hydrogen) atoms. The normalized spacial score (nSPS) is 42.4. The van der Waals surface area contributed by atoms with Crippen LogP contribution < -0.4 is 0 Å². The van der Waals surface area contributed by atoms with Crippen LogP contribution in [0.1, 0.15) is 34.6 Å². The minimum absolute atomic E-state index is 0.0977. The van der Waals surface area contributed by atoms with Crippen LogP contribution in [0.4, 0.5) is 0 Å².